The molecule has 2 unspecified atom stereocenters. The van der Waals surface area contributed by atoms with Crippen molar-refractivity contribution >= 4 is 54.2 Å². The van der Waals surface area contributed by atoms with E-state index in [2.05, 4.69) is 13.8 Å². The molecular weight excluding hydrogens is 538 g/mol. The lowest BCUT2D eigenvalue weighted by molar-refractivity contribution is 0.0985. The minimum Gasteiger partial charge on any atom is -0.279 e. The van der Waals surface area contributed by atoms with Crippen LogP contribution in [0, 0.1) is 18.8 Å². The molecule has 0 spiro atoms. The van der Waals surface area contributed by atoms with Crippen LogP contribution in [-0.4, -0.2) is 36.7 Å². The number of sulfonamides is 1. The molecule has 4 aromatic rings. The molecule has 1 aliphatic heterocycles. The van der Waals surface area contributed by atoms with Crippen LogP contribution in [0.4, 0.5) is 5.13 Å². The number of piperidine rings is 1. The molecule has 2 heterocycles. The van der Waals surface area contributed by atoms with Gasteiger partial charge in [-0.25, -0.2) is 13.4 Å². The Labute approximate surface area is 232 Å². The molecule has 2 atom stereocenters. The fourth-order valence-electron chi connectivity index (χ4n) is 5.07. The third kappa shape index (κ3) is 5.36. The lowest BCUT2D eigenvalue weighted by Gasteiger charge is -2.34. The van der Waals surface area contributed by atoms with Crippen molar-refractivity contribution in [3.63, 3.8) is 0 Å². The van der Waals surface area contributed by atoms with Crippen LogP contribution in [0.25, 0.3) is 10.2 Å². The number of hydrogen-bond donors (Lipinski definition) is 0. The van der Waals surface area contributed by atoms with Gasteiger partial charge in [0.2, 0.25) is 10.0 Å². The number of thiazole rings is 1. The van der Waals surface area contributed by atoms with Gasteiger partial charge in [0, 0.05) is 23.7 Å². The molecule has 1 amide bonds. The first-order chi connectivity index (χ1) is 18.1. The monoisotopic (exact) mass is 567 g/mol. The van der Waals surface area contributed by atoms with E-state index < -0.39 is 10.0 Å². The SMILES string of the molecule is Cc1c(Cl)ccc2sc(N(Cc3ccccc3)C(=O)c3ccc(S(=O)(=O)N4CC(C)CC(C)C4)cc3)nc12. The summed E-state index contributed by atoms with van der Waals surface area (Å²) in [5, 5.41) is 1.19. The van der Waals surface area contributed by atoms with E-state index in [0.29, 0.717) is 47.2 Å². The predicted molar refractivity (Wildman–Crippen MR) is 154 cm³/mol. The number of hydrogen-bond acceptors (Lipinski definition) is 5. The first-order valence-corrected chi connectivity index (χ1v) is 15.3. The molecule has 198 valence electrons. The third-order valence-corrected chi connectivity index (χ3v) is 10.3. The van der Waals surface area contributed by atoms with Gasteiger partial charge in [-0.15, -0.1) is 0 Å². The summed E-state index contributed by atoms with van der Waals surface area (Å²) in [6, 6.07) is 19.8. The summed E-state index contributed by atoms with van der Waals surface area (Å²) in [6.07, 6.45) is 1.02. The van der Waals surface area contributed by atoms with Crippen molar-refractivity contribution in [1.82, 2.24) is 9.29 Å². The number of halogens is 1. The summed E-state index contributed by atoms with van der Waals surface area (Å²) in [4.78, 5) is 20.5. The summed E-state index contributed by atoms with van der Waals surface area (Å²) in [5.41, 5.74) is 3.00. The van der Waals surface area contributed by atoms with Gasteiger partial charge in [-0.1, -0.05) is 67.1 Å². The van der Waals surface area contributed by atoms with E-state index in [1.165, 1.54) is 23.5 Å². The van der Waals surface area contributed by atoms with Crippen LogP contribution in [0.5, 0.6) is 0 Å². The molecule has 38 heavy (non-hydrogen) atoms. The standard InChI is InChI=1S/C29H30ClN3O3S2/c1-19-15-20(2)17-32(16-19)38(35,36)24-11-9-23(10-12-24)28(34)33(18-22-7-5-4-6-8-22)29-31-27-21(3)25(30)13-14-26(27)37-29/h4-14,19-20H,15-18H2,1-3H3. The Morgan fingerprint density at radius 2 is 1.68 bits per heavy atom. The van der Waals surface area contributed by atoms with Crippen LogP contribution in [0.2, 0.25) is 5.02 Å². The first kappa shape index (κ1) is 26.8. The maximum absolute atomic E-state index is 13.8. The second-order valence-corrected chi connectivity index (χ2v) is 13.5. The second-order valence-electron chi connectivity index (χ2n) is 10.2. The highest BCUT2D eigenvalue weighted by Gasteiger charge is 2.32. The van der Waals surface area contributed by atoms with Gasteiger partial charge < -0.3 is 0 Å². The second kappa shape index (κ2) is 10.8. The topological polar surface area (TPSA) is 70.6 Å². The zero-order valence-electron chi connectivity index (χ0n) is 21.6. The molecule has 5 rings (SSSR count). The van der Waals surface area contributed by atoms with Crippen LogP contribution in [0.1, 0.15) is 41.8 Å². The van der Waals surface area contributed by atoms with Crippen LogP contribution in [0.15, 0.2) is 71.6 Å². The molecule has 9 heteroatoms. The minimum atomic E-state index is -3.63. The third-order valence-electron chi connectivity index (χ3n) is 6.97. The number of anilines is 1. The van der Waals surface area contributed by atoms with E-state index in [-0.39, 0.29) is 10.8 Å². The van der Waals surface area contributed by atoms with Gasteiger partial charge in [0.05, 0.1) is 21.7 Å². The fraction of sp³-hybridized carbons (Fsp3) is 0.310. The smallest absolute Gasteiger partial charge is 0.260 e. The van der Waals surface area contributed by atoms with Gasteiger partial charge in [-0.3, -0.25) is 9.69 Å². The summed E-state index contributed by atoms with van der Waals surface area (Å²) in [5.74, 6) is 0.377. The first-order valence-electron chi connectivity index (χ1n) is 12.6. The summed E-state index contributed by atoms with van der Waals surface area (Å²) < 4.78 is 29.2. The van der Waals surface area contributed by atoms with E-state index in [9.17, 15) is 13.2 Å². The number of fused-ring (bicyclic) bond motifs is 1. The molecule has 3 aromatic carbocycles. The molecule has 1 fully saturated rings. The van der Waals surface area contributed by atoms with E-state index in [1.807, 2.05) is 49.4 Å². The van der Waals surface area contributed by atoms with Gasteiger partial charge in [0.15, 0.2) is 5.13 Å². The number of carbonyl (C=O) groups is 1. The van der Waals surface area contributed by atoms with Crippen LogP contribution in [-0.2, 0) is 16.6 Å². The highest BCUT2D eigenvalue weighted by atomic mass is 35.5. The van der Waals surface area contributed by atoms with Crippen molar-refractivity contribution in [2.75, 3.05) is 18.0 Å². The Bertz CT molecular complexity index is 1560. The van der Waals surface area contributed by atoms with Gasteiger partial charge >= 0.3 is 0 Å². The molecule has 6 nitrogen and oxygen atoms in total. The number of nitrogens with zero attached hydrogens (tertiary/aromatic N) is 3. The highest BCUT2D eigenvalue weighted by Crippen LogP contribution is 2.35. The predicted octanol–water partition coefficient (Wildman–Crippen LogP) is 6.77. The number of rotatable bonds is 6. The van der Waals surface area contributed by atoms with Gasteiger partial charge in [0.1, 0.15) is 0 Å². The average molecular weight is 568 g/mol. The molecule has 0 bridgehead atoms. The van der Waals surface area contributed by atoms with Gasteiger partial charge in [0.25, 0.3) is 5.91 Å². The Morgan fingerprint density at radius 3 is 2.34 bits per heavy atom. The zero-order valence-corrected chi connectivity index (χ0v) is 24.0. The molecular formula is C29H30ClN3O3S2. The van der Waals surface area contributed by atoms with Crippen molar-refractivity contribution in [3.05, 3.63) is 88.4 Å². The van der Waals surface area contributed by atoms with Crippen LogP contribution in [0.3, 0.4) is 0 Å². The van der Waals surface area contributed by atoms with E-state index in [1.54, 1.807) is 21.3 Å². The number of aryl methyl sites for hydroxylation is 1. The van der Waals surface area contributed by atoms with Crippen molar-refractivity contribution < 1.29 is 13.2 Å². The van der Waals surface area contributed by atoms with Crippen molar-refractivity contribution in [3.8, 4) is 0 Å². The molecule has 1 aromatic heterocycles. The molecule has 0 saturated carbocycles. The summed E-state index contributed by atoms with van der Waals surface area (Å²) in [7, 11) is -3.63. The maximum Gasteiger partial charge on any atom is 0.260 e. The van der Waals surface area contributed by atoms with E-state index >= 15 is 0 Å². The minimum absolute atomic E-state index is 0.204. The highest BCUT2D eigenvalue weighted by molar-refractivity contribution is 7.89. The molecule has 1 saturated heterocycles. The quantitative estimate of drug-likeness (QED) is 0.258. The summed E-state index contributed by atoms with van der Waals surface area (Å²) >= 11 is 7.75. The van der Waals surface area contributed by atoms with Crippen LogP contribution < -0.4 is 4.90 Å². The van der Waals surface area contributed by atoms with Crippen LogP contribution >= 0.6 is 22.9 Å². The molecule has 1 aliphatic rings. The Kier molecular flexibility index (Phi) is 7.60. The number of aromatic nitrogens is 1. The number of carbonyl (C=O) groups excluding carboxylic acids is 1. The fourth-order valence-corrected chi connectivity index (χ4v) is 7.93. The maximum atomic E-state index is 13.8. The molecule has 0 aliphatic carbocycles. The van der Waals surface area contributed by atoms with Crippen molar-refractivity contribution in [2.45, 2.75) is 38.6 Å². The molecule has 0 radical (unpaired) electrons. The summed E-state index contributed by atoms with van der Waals surface area (Å²) in [6.45, 7) is 7.44. The zero-order chi connectivity index (χ0) is 27.0. The Balaban J connectivity index is 1.47. The van der Waals surface area contributed by atoms with E-state index in [4.69, 9.17) is 16.6 Å². The van der Waals surface area contributed by atoms with Gasteiger partial charge in [-0.05, 0) is 72.7 Å². The lowest BCUT2D eigenvalue weighted by Crippen LogP contribution is -2.42. The average Bonchev–Trinajstić information content (AvgIpc) is 3.34. The number of amides is 1. The Hall–Kier alpha value is -2.78. The molecule has 0 N–H and O–H groups in total. The van der Waals surface area contributed by atoms with Crippen molar-refractivity contribution in [2.24, 2.45) is 11.8 Å². The number of benzene rings is 3. The largest absolute Gasteiger partial charge is 0.279 e. The Morgan fingerprint density at radius 1 is 1.03 bits per heavy atom. The van der Waals surface area contributed by atoms with Crippen molar-refractivity contribution in [1.29, 1.82) is 0 Å². The van der Waals surface area contributed by atoms with E-state index in [0.717, 1.165) is 27.8 Å². The normalized spacial score (nSPS) is 18.5. The van der Waals surface area contributed by atoms with Gasteiger partial charge in [-0.2, -0.15) is 4.31 Å². The lowest BCUT2D eigenvalue weighted by atomic mass is 9.94.